The van der Waals surface area contributed by atoms with Gasteiger partial charge >= 0.3 is 0 Å². The van der Waals surface area contributed by atoms with Crippen LogP contribution in [0.5, 0.6) is 0 Å². The summed E-state index contributed by atoms with van der Waals surface area (Å²) in [6, 6.07) is 0. The number of aromatic nitrogens is 2. The van der Waals surface area contributed by atoms with E-state index < -0.39 is 0 Å². The average molecular weight is 192 g/mol. The van der Waals surface area contributed by atoms with Crippen LogP contribution in [0.2, 0.25) is 0 Å². The summed E-state index contributed by atoms with van der Waals surface area (Å²) in [6.45, 7) is 4.42. The second kappa shape index (κ2) is 3.12. The van der Waals surface area contributed by atoms with Crippen molar-refractivity contribution in [1.29, 1.82) is 0 Å². The van der Waals surface area contributed by atoms with Crippen molar-refractivity contribution in [1.82, 2.24) is 9.97 Å². The molecule has 0 aromatic carbocycles. The molecule has 0 aliphatic heterocycles. The molecular weight excluding hydrogens is 176 g/mol. The van der Waals surface area contributed by atoms with Crippen LogP contribution in [0.1, 0.15) is 37.4 Å². The summed E-state index contributed by atoms with van der Waals surface area (Å²) in [6.07, 6.45) is 2.13. The van der Waals surface area contributed by atoms with Gasteiger partial charge in [0.05, 0.1) is 5.69 Å². The van der Waals surface area contributed by atoms with Crippen LogP contribution >= 0.6 is 0 Å². The molecule has 0 amide bonds. The third-order valence-electron chi connectivity index (χ3n) is 3.22. The highest BCUT2D eigenvalue weighted by Crippen LogP contribution is 2.37. The van der Waals surface area contributed by atoms with Crippen molar-refractivity contribution in [2.24, 2.45) is 5.92 Å². The number of hydrogen-bond donors (Lipinski definition) is 2. The van der Waals surface area contributed by atoms with Crippen molar-refractivity contribution >= 4 is 11.8 Å². The van der Waals surface area contributed by atoms with Crippen molar-refractivity contribution in [2.75, 3.05) is 11.5 Å². The molecule has 0 saturated heterocycles. The van der Waals surface area contributed by atoms with E-state index in [1.54, 1.807) is 0 Å². The first-order valence-corrected chi connectivity index (χ1v) is 5.01. The van der Waals surface area contributed by atoms with Crippen LogP contribution in [0.4, 0.5) is 11.8 Å². The summed E-state index contributed by atoms with van der Waals surface area (Å²) in [7, 11) is 0. The molecule has 76 valence electrons. The number of hydrogen-bond acceptors (Lipinski definition) is 4. The van der Waals surface area contributed by atoms with E-state index in [0.29, 0.717) is 23.6 Å². The summed E-state index contributed by atoms with van der Waals surface area (Å²) in [5.74, 6) is 1.95. The van der Waals surface area contributed by atoms with Gasteiger partial charge in [-0.15, -0.1) is 0 Å². The van der Waals surface area contributed by atoms with E-state index in [1.165, 1.54) is 0 Å². The number of anilines is 2. The van der Waals surface area contributed by atoms with Gasteiger partial charge in [-0.25, -0.2) is 4.98 Å². The average Bonchev–Trinajstić information content (AvgIpc) is 2.10. The number of aryl methyl sites for hydroxylation is 1. The van der Waals surface area contributed by atoms with Gasteiger partial charge in [0.1, 0.15) is 5.82 Å². The molecule has 4 N–H and O–H groups in total. The Kier molecular flexibility index (Phi) is 2.06. The normalized spacial score (nSPS) is 25.9. The molecule has 1 aromatic heterocycles. The molecule has 4 heteroatoms. The SMILES string of the molecule is CC1CCc2nc(N)nc(N)c2C1C. The molecule has 2 rings (SSSR count). The van der Waals surface area contributed by atoms with Gasteiger partial charge in [0.2, 0.25) is 5.95 Å². The molecule has 0 bridgehead atoms. The number of nitrogens with zero attached hydrogens (tertiary/aromatic N) is 2. The van der Waals surface area contributed by atoms with Gasteiger partial charge in [-0.05, 0) is 24.7 Å². The van der Waals surface area contributed by atoms with Crippen molar-refractivity contribution < 1.29 is 0 Å². The Morgan fingerprint density at radius 2 is 1.93 bits per heavy atom. The first-order valence-electron chi connectivity index (χ1n) is 5.01. The minimum Gasteiger partial charge on any atom is -0.383 e. The zero-order valence-electron chi connectivity index (χ0n) is 8.62. The Hall–Kier alpha value is -1.32. The van der Waals surface area contributed by atoms with E-state index in [-0.39, 0.29) is 0 Å². The fraction of sp³-hybridized carbons (Fsp3) is 0.600. The molecule has 0 spiro atoms. The molecule has 1 aliphatic rings. The monoisotopic (exact) mass is 192 g/mol. The molecule has 2 unspecified atom stereocenters. The Labute approximate surface area is 83.7 Å². The fourth-order valence-electron chi connectivity index (χ4n) is 2.14. The summed E-state index contributed by atoms with van der Waals surface area (Å²) in [5.41, 5.74) is 13.6. The van der Waals surface area contributed by atoms with Crippen molar-refractivity contribution in [3.8, 4) is 0 Å². The quantitative estimate of drug-likeness (QED) is 0.650. The smallest absolute Gasteiger partial charge is 0.222 e. The lowest BCUT2D eigenvalue weighted by Crippen LogP contribution is -2.20. The number of rotatable bonds is 0. The van der Waals surface area contributed by atoms with E-state index in [4.69, 9.17) is 11.5 Å². The molecule has 2 atom stereocenters. The predicted octanol–water partition coefficient (Wildman–Crippen LogP) is 1.33. The molecule has 0 saturated carbocycles. The lowest BCUT2D eigenvalue weighted by Gasteiger charge is -2.28. The lowest BCUT2D eigenvalue weighted by molar-refractivity contribution is 0.421. The zero-order valence-corrected chi connectivity index (χ0v) is 8.62. The summed E-state index contributed by atoms with van der Waals surface area (Å²) in [4.78, 5) is 8.26. The highest BCUT2D eigenvalue weighted by atomic mass is 15.0. The van der Waals surface area contributed by atoms with Crippen LogP contribution in [0, 0.1) is 5.92 Å². The minimum atomic E-state index is 0.294. The molecule has 4 nitrogen and oxygen atoms in total. The second-order valence-corrected chi connectivity index (χ2v) is 4.13. The highest BCUT2D eigenvalue weighted by molar-refractivity contribution is 5.49. The van der Waals surface area contributed by atoms with Gasteiger partial charge in [-0.3, -0.25) is 0 Å². The Bertz CT molecular complexity index is 361. The fourth-order valence-corrected chi connectivity index (χ4v) is 2.14. The Balaban J connectivity index is 2.54. The van der Waals surface area contributed by atoms with Gasteiger partial charge in [-0.1, -0.05) is 13.8 Å². The molecule has 1 aliphatic carbocycles. The maximum Gasteiger partial charge on any atom is 0.222 e. The Morgan fingerprint density at radius 3 is 2.64 bits per heavy atom. The van der Waals surface area contributed by atoms with E-state index in [2.05, 4.69) is 23.8 Å². The molecule has 0 fully saturated rings. The van der Waals surface area contributed by atoms with E-state index >= 15 is 0 Å². The van der Waals surface area contributed by atoms with E-state index in [9.17, 15) is 0 Å². The largest absolute Gasteiger partial charge is 0.383 e. The summed E-state index contributed by atoms with van der Waals surface area (Å²) >= 11 is 0. The lowest BCUT2D eigenvalue weighted by atomic mass is 9.79. The molecule has 14 heavy (non-hydrogen) atoms. The number of nitrogen functional groups attached to an aromatic ring is 2. The molecule has 1 heterocycles. The summed E-state index contributed by atoms with van der Waals surface area (Å²) < 4.78 is 0. The zero-order chi connectivity index (χ0) is 10.3. The van der Waals surface area contributed by atoms with Crippen LogP contribution < -0.4 is 11.5 Å². The van der Waals surface area contributed by atoms with Crippen molar-refractivity contribution in [3.63, 3.8) is 0 Å². The maximum atomic E-state index is 5.86. The topological polar surface area (TPSA) is 77.8 Å². The van der Waals surface area contributed by atoms with Crippen LogP contribution in [0.3, 0.4) is 0 Å². The van der Waals surface area contributed by atoms with Crippen molar-refractivity contribution in [3.05, 3.63) is 11.3 Å². The van der Waals surface area contributed by atoms with Gasteiger partial charge < -0.3 is 11.5 Å². The first-order chi connectivity index (χ1) is 6.59. The summed E-state index contributed by atoms with van der Waals surface area (Å²) in [5, 5.41) is 0. The molecule has 1 aromatic rings. The maximum absolute atomic E-state index is 5.86. The molecule has 0 radical (unpaired) electrons. The third kappa shape index (κ3) is 1.31. The highest BCUT2D eigenvalue weighted by Gasteiger charge is 2.26. The minimum absolute atomic E-state index is 0.294. The van der Waals surface area contributed by atoms with Gasteiger partial charge in [-0.2, -0.15) is 4.98 Å². The van der Waals surface area contributed by atoms with E-state index in [1.807, 2.05) is 0 Å². The van der Waals surface area contributed by atoms with Crippen LogP contribution in [0.25, 0.3) is 0 Å². The third-order valence-corrected chi connectivity index (χ3v) is 3.22. The number of nitrogens with two attached hydrogens (primary N) is 2. The predicted molar refractivity (Wildman–Crippen MR) is 56.8 cm³/mol. The number of fused-ring (bicyclic) bond motifs is 1. The Morgan fingerprint density at radius 1 is 1.21 bits per heavy atom. The van der Waals surface area contributed by atoms with Crippen LogP contribution in [-0.2, 0) is 6.42 Å². The van der Waals surface area contributed by atoms with Crippen LogP contribution in [0.15, 0.2) is 0 Å². The van der Waals surface area contributed by atoms with Gasteiger partial charge in [0.15, 0.2) is 0 Å². The standard InChI is InChI=1S/C10H16N4/c1-5-3-4-7-8(6(5)2)9(11)14-10(12)13-7/h5-6H,3-4H2,1-2H3,(H4,11,12,13,14). The first kappa shape index (κ1) is 9.24. The second-order valence-electron chi connectivity index (χ2n) is 4.13. The van der Waals surface area contributed by atoms with E-state index in [0.717, 1.165) is 24.1 Å². The molecular formula is C10H16N4. The van der Waals surface area contributed by atoms with Crippen LogP contribution in [-0.4, -0.2) is 9.97 Å². The van der Waals surface area contributed by atoms with Crippen molar-refractivity contribution in [2.45, 2.75) is 32.6 Å². The van der Waals surface area contributed by atoms with Gasteiger partial charge in [0.25, 0.3) is 0 Å². The van der Waals surface area contributed by atoms with Gasteiger partial charge in [0, 0.05) is 5.56 Å².